The number of amides is 2. The van der Waals surface area contributed by atoms with Crippen LogP contribution in [0.25, 0.3) is 0 Å². The molecule has 3 N–H and O–H groups in total. The first-order chi connectivity index (χ1) is 8.09. The minimum Gasteiger partial charge on any atom is -0.480 e. The molecule has 0 spiro atoms. The molecule has 2 heterocycles. The molecule has 0 bridgehead atoms. The topological polar surface area (TPSA) is 98.7 Å². The number of carbonyl (C=O) groups is 3. The summed E-state index contributed by atoms with van der Waals surface area (Å²) in [5, 5.41) is 14.5. The van der Waals surface area contributed by atoms with Gasteiger partial charge in [-0.05, 0) is 6.42 Å². The summed E-state index contributed by atoms with van der Waals surface area (Å²) < 4.78 is 0. The highest BCUT2D eigenvalue weighted by molar-refractivity contribution is 5.93. The second-order valence-corrected chi connectivity index (χ2v) is 4.25. The number of carbonyl (C=O) groups excluding carboxylic acids is 2. The van der Waals surface area contributed by atoms with Gasteiger partial charge in [0.2, 0.25) is 11.8 Å². The lowest BCUT2D eigenvalue weighted by Crippen LogP contribution is -2.60. The fraction of sp³-hybridized carbons (Fsp3) is 0.700. The van der Waals surface area contributed by atoms with Crippen molar-refractivity contribution in [1.29, 1.82) is 0 Å². The normalized spacial score (nSPS) is 28.9. The van der Waals surface area contributed by atoms with Crippen LogP contribution in [0.3, 0.4) is 0 Å². The van der Waals surface area contributed by atoms with Crippen molar-refractivity contribution < 1.29 is 19.5 Å². The van der Waals surface area contributed by atoms with Crippen LogP contribution in [0.5, 0.6) is 0 Å². The zero-order chi connectivity index (χ0) is 12.4. The van der Waals surface area contributed by atoms with E-state index in [9.17, 15) is 14.4 Å². The quantitative estimate of drug-likeness (QED) is 0.527. The number of aliphatic carboxylic acids is 1. The lowest BCUT2D eigenvalue weighted by Gasteiger charge is -2.34. The van der Waals surface area contributed by atoms with E-state index in [0.717, 1.165) is 0 Å². The summed E-state index contributed by atoms with van der Waals surface area (Å²) in [7, 11) is 0. The van der Waals surface area contributed by atoms with Gasteiger partial charge >= 0.3 is 5.97 Å². The van der Waals surface area contributed by atoms with Crippen molar-refractivity contribution in [1.82, 2.24) is 15.5 Å². The van der Waals surface area contributed by atoms with Crippen molar-refractivity contribution in [3.05, 3.63) is 0 Å². The number of piperazine rings is 1. The molecule has 2 amide bonds. The van der Waals surface area contributed by atoms with Crippen molar-refractivity contribution in [2.24, 2.45) is 0 Å². The first-order valence-corrected chi connectivity index (χ1v) is 5.63. The third-order valence-corrected chi connectivity index (χ3v) is 3.10. The average molecular weight is 241 g/mol. The maximum Gasteiger partial charge on any atom is 0.327 e. The van der Waals surface area contributed by atoms with E-state index >= 15 is 0 Å². The largest absolute Gasteiger partial charge is 0.480 e. The zero-order valence-electron chi connectivity index (χ0n) is 9.31. The molecule has 0 aromatic heterocycles. The van der Waals surface area contributed by atoms with Crippen molar-refractivity contribution in [2.75, 3.05) is 19.6 Å². The Morgan fingerprint density at radius 1 is 1.41 bits per heavy atom. The van der Waals surface area contributed by atoms with E-state index < -0.39 is 18.1 Å². The number of rotatable bonds is 2. The fourth-order valence-corrected chi connectivity index (χ4v) is 2.19. The van der Waals surface area contributed by atoms with E-state index in [1.54, 1.807) is 0 Å². The number of carboxylic acids is 1. The van der Waals surface area contributed by atoms with Gasteiger partial charge in [-0.3, -0.25) is 9.59 Å². The standard InChI is InChI=1S/C10H15N3O4/c14-8-2-1-6(12-8)9(15)13-4-3-11-5-7(13)10(16)17/h6-7,11H,1-5H2,(H,12,14)(H,16,17). The van der Waals surface area contributed by atoms with Gasteiger partial charge in [-0.1, -0.05) is 0 Å². The average Bonchev–Trinajstić information content (AvgIpc) is 2.75. The molecule has 2 aliphatic heterocycles. The Kier molecular flexibility index (Phi) is 3.28. The van der Waals surface area contributed by atoms with Crippen molar-refractivity contribution in [3.8, 4) is 0 Å². The van der Waals surface area contributed by atoms with Crippen LogP contribution in [-0.2, 0) is 14.4 Å². The van der Waals surface area contributed by atoms with Crippen molar-refractivity contribution in [2.45, 2.75) is 24.9 Å². The summed E-state index contributed by atoms with van der Waals surface area (Å²) in [6, 6.07) is -1.39. The minimum atomic E-state index is -1.02. The van der Waals surface area contributed by atoms with Gasteiger partial charge < -0.3 is 20.6 Å². The summed E-state index contributed by atoms with van der Waals surface area (Å²) in [5.41, 5.74) is 0. The van der Waals surface area contributed by atoms with Crippen LogP contribution in [-0.4, -0.2) is 59.5 Å². The number of nitrogens with zero attached hydrogens (tertiary/aromatic N) is 1. The summed E-state index contributed by atoms with van der Waals surface area (Å²) in [6.45, 7) is 1.19. The Balaban J connectivity index is 2.06. The van der Waals surface area contributed by atoms with Crippen LogP contribution in [0.1, 0.15) is 12.8 Å². The van der Waals surface area contributed by atoms with Gasteiger partial charge in [0.25, 0.3) is 0 Å². The second-order valence-electron chi connectivity index (χ2n) is 4.25. The van der Waals surface area contributed by atoms with Crippen molar-refractivity contribution in [3.63, 3.8) is 0 Å². The Morgan fingerprint density at radius 2 is 2.18 bits per heavy atom. The molecule has 0 aliphatic carbocycles. The molecule has 0 saturated carbocycles. The van der Waals surface area contributed by atoms with Crippen LogP contribution in [0.4, 0.5) is 0 Å². The summed E-state index contributed by atoms with van der Waals surface area (Å²) in [5.74, 6) is -1.45. The van der Waals surface area contributed by atoms with Crippen LogP contribution in [0.15, 0.2) is 0 Å². The fourth-order valence-electron chi connectivity index (χ4n) is 2.19. The minimum absolute atomic E-state index is 0.148. The summed E-state index contributed by atoms with van der Waals surface area (Å²) in [6.07, 6.45) is 0.786. The highest BCUT2D eigenvalue weighted by Gasteiger charge is 2.37. The molecule has 94 valence electrons. The molecule has 2 unspecified atom stereocenters. The maximum absolute atomic E-state index is 12.1. The molecule has 2 saturated heterocycles. The van der Waals surface area contributed by atoms with Crippen LogP contribution >= 0.6 is 0 Å². The van der Waals surface area contributed by atoms with Gasteiger partial charge in [0.15, 0.2) is 0 Å². The van der Waals surface area contributed by atoms with Crippen LogP contribution < -0.4 is 10.6 Å². The van der Waals surface area contributed by atoms with E-state index in [4.69, 9.17) is 5.11 Å². The third-order valence-electron chi connectivity index (χ3n) is 3.10. The van der Waals surface area contributed by atoms with E-state index in [-0.39, 0.29) is 18.4 Å². The SMILES string of the molecule is O=C1CCC(C(=O)N2CCNCC2C(=O)O)N1. The first kappa shape index (κ1) is 11.8. The summed E-state index contributed by atoms with van der Waals surface area (Å²) >= 11 is 0. The molecule has 7 nitrogen and oxygen atoms in total. The molecule has 7 heteroatoms. The molecule has 0 aromatic carbocycles. The Morgan fingerprint density at radius 3 is 2.76 bits per heavy atom. The summed E-state index contributed by atoms with van der Waals surface area (Å²) in [4.78, 5) is 35.5. The molecule has 2 rings (SSSR count). The van der Waals surface area contributed by atoms with Gasteiger partial charge in [0.05, 0.1) is 0 Å². The molecular weight excluding hydrogens is 226 g/mol. The van der Waals surface area contributed by atoms with Crippen LogP contribution in [0.2, 0.25) is 0 Å². The molecule has 0 radical (unpaired) electrons. The van der Waals surface area contributed by atoms with Crippen molar-refractivity contribution >= 4 is 17.8 Å². The highest BCUT2D eigenvalue weighted by atomic mass is 16.4. The Hall–Kier alpha value is -1.63. The van der Waals surface area contributed by atoms with Gasteiger partial charge in [-0.2, -0.15) is 0 Å². The third kappa shape index (κ3) is 2.38. The number of carboxylic acid groups (broad SMARTS) is 1. The maximum atomic E-state index is 12.1. The lowest BCUT2D eigenvalue weighted by atomic mass is 10.1. The number of hydrogen-bond acceptors (Lipinski definition) is 4. The van der Waals surface area contributed by atoms with E-state index in [0.29, 0.717) is 25.9 Å². The smallest absolute Gasteiger partial charge is 0.327 e. The second kappa shape index (κ2) is 4.70. The van der Waals surface area contributed by atoms with Gasteiger partial charge in [-0.25, -0.2) is 4.79 Å². The molecule has 2 aliphatic rings. The van der Waals surface area contributed by atoms with Gasteiger partial charge in [0, 0.05) is 26.1 Å². The Bertz CT molecular complexity index is 357. The molecule has 17 heavy (non-hydrogen) atoms. The first-order valence-electron chi connectivity index (χ1n) is 5.63. The molecule has 2 atom stereocenters. The highest BCUT2D eigenvalue weighted by Crippen LogP contribution is 2.13. The van der Waals surface area contributed by atoms with Crippen LogP contribution in [0, 0.1) is 0 Å². The van der Waals surface area contributed by atoms with Gasteiger partial charge in [0.1, 0.15) is 12.1 Å². The van der Waals surface area contributed by atoms with E-state index in [1.807, 2.05) is 0 Å². The zero-order valence-corrected chi connectivity index (χ0v) is 9.31. The molecule has 0 aromatic rings. The number of hydrogen-bond donors (Lipinski definition) is 3. The van der Waals surface area contributed by atoms with E-state index in [2.05, 4.69) is 10.6 Å². The Labute approximate surface area is 98.2 Å². The molecular formula is C10H15N3O4. The lowest BCUT2D eigenvalue weighted by molar-refractivity contribution is -0.152. The van der Waals surface area contributed by atoms with E-state index in [1.165, 1.54) is 4.90 Å². The molecule has 2 fully saturated rings. The predicted octanol–water partition coefficient (Wildman–Crippen LogP) is -1.85. The van der Waals surface area contributed by atoms with Gasteiger partial charge in [-0.15, -0.1) is 0 Å². The number of nitrogens with one attached hydrogen (secondary N) is 2. The predicted molar refractivity (Wildman–Crippen MR) is 57.2 cm³/mol. The monoisotopic (exact) mass is 241 g/mol.